The van der Waals surface area contributed by atoms with Crippen molar-refractivity contribution in [1.29, 1.82) is 0 Å². The second-order valence-corrected chi connectivity index (χ2v) is 9.92. The fourth-order valence-corrected chi connectivity index (χ4v) is 5.30. The molecule has 1 aromatic rings. The van der Waals surface area contributed by atoms with Gasteiger partial charge in [0.15, 0.2) is 5.72 Å². The molecule has 156 valence electrons. The average molecular weight is 413 g/mol. The molecule has 1 spiro atoms. The highest BCUT2D eigenvalue weighted by Crippen LogP contribution is 2.37. The van der Waals surface area contributed by atoms with Gasteiger partial charge in [0.1, 0.15) is 11.4 Å². The van der Waals surface area contributed by atoms with Crippen LogP contribution in [-0.2, 0) is 19.5 Å². The molecule has 8 nitrogen and oxygen atoms in total. The average Bonchev–Trinajstić information content (AvgIpc) is 3.04. The number of likely N-dealkylation sites (tertiary alicyclic amines) is 1. The molecule has 0 bridgehead atoms. The highest BCUT2D eigenvalue weighted by atomic mass is 32.2. The van der Waals surface area contributed by atoms with Crippen LogP contribution in [-0.4, -0.2) is 68.4 Å². The second kappa shape index (κ2) is 7.53. The van der Waals surface area contributed by atoms with Gasteiger partial charge in [-0.25, -0.2) is 13.2 Å². The van der Waals surface area contributed by atoms with Gasteiger partial charge in [0, 0.05) is 13.1 Å². The van der Waals surface area contributed by atoms with Gasteiger partial charge in [0.25, 0.3) is 0 Å². The van der Waals surface area contributed by atoms with Crippen molar-refractivity contribution in [3.63, 3.8) is 0 Å². The number of methoxy groups -OCH3 is 1. The van der Waals surface area contributed by atoms with Crippen molar-refractivity contribution in [2.24, 2.45) is 0 Å². The fourth-order valence-electron chi connectivity index (χ4n) is 3.61. The molecule has 1 aromatic carbocycles. The zero-order valence-corrected chi connectivity index (χ0v) is 17.6. The zero-order chi connectivity index (χ0) is 20.6. The number of piperidine rings is 1. The summed E-state index contributed by atoms with van der Waals surface area (Å²) in [6, 6.07) is 6.28. The van der Waals surface area contributed by atoms with E-state index in [-0.39, 0.29) is 24.6 Å². The molecule has 3 rings (SSSR count). The van der Waals surface area contributed by atoms with Gasteiger partial charge in [0.2, 0.25) is 10.0 Å². The summed E-state index contributed by atoms with van der Waals surface area (Å²) in [4.78, 5) is 14.2. The third-order valence-corrected chi connectivity index (χ3v) is 6.82. The first-order chi connectivity index (χ1) is 13.1. The largest absolute Gasteiger partial charge is 0.497 e. The summed E-state index contributed by atoms with van der Waals surface area (Å²) in [6.45, 7) is 6.60. The number of hydrogen-bond donors (Lipinski definition) is 0. The van der Waals surface area contributed by atoms with Crippen LogP contribution in [0.1, 0.15) is 33.6 Å². The number of sulfonamides is 1. The standard InChI is InChI=1S/C19H28N2O6S/c1-18(2,3)27-17(22)20-11-5-10-19(14-20)21(12-13-26-19)28(23,24)16-8-6-15(25-4)7-9-16/h6-9H,5,10-14H2,1-4H3. The van der Waals surface area contributed by atoms with Crippen LogP contribution in [0.5, 0.6) is 5.75 Å². The Balaban J connectivity index is 1.85. The number of hydrogen-bond acceptors (Lipinski definition) is 6. The Labute approximate surface area is 166 Å². The molecule has 28 heavy (non-hydrogen) atoms. The Morgan fingerprint density at radius 3 is 2.46 bits per heavy atom. The van der Waals surface area contributed by atoms with E-state index in [0.717, 1.165) is 0 Å². The lowest BCUT2D eigenvalue weighted by Gasteiger charge is -2.43. The topological polar surface area (TPSA) is 85.4 Å². The van der Waals surface area contributed by atoms with Crippen LogP contribution in [0.25, 0.3) is 0 Å². The third-order valence-electron chi connectivity index (χ3n) is 4.85. The lowest BCUT2D eigenvalue weighted by molar-refractivity contribution is -0.0977. The number of ether oxygens (including phenoxy) is 3. The quantitative estimate of drug-likeness (QED) is 0.758. The predicted octanol–water partition coefficient (Wildman–Crippen LogP) is 2.44. The monoisotopic (exact) mass is 412 g/mol. The van der Waals surface area contributed by atoms with E-state index in [1.165, 1.54) is 28.4 Å². The maximum Gasteiger partial charge on any atom is 0.410 e. The van der Waals surface area contributed by atoms with E-state index in [1.54, 1.807) is 32.9 Å². The Morgan fingerprint density at radius 1 is 1.18 bits per heavy atom. The van der Waals surface area contributed by atoms with Crippen molar-refractivity contribution >= 4 is 16.1 Å². The minimum Gasteiger partial charge on any atom is -0.497 e. The van der Waals surface area contributed by atoms with Crippen LogP contribution >= 0.6 is 0 Å². The maximum atomic E-state index is 13.3. The van der Waals surface area contributed by atoms with Crippen molar-refractivity contribution in [1.82, 2.24) is 9.21 Å². The number of carbonyl (C=O) groups is 1. The number of nitrogens with zero attached hydrogens (tertiary/aromatic N) is 2. The van der Waals surface area contributed by atoms with Gasteiger partial charge in [-0.1, -0.05) is 0 Å². The van der Waals surface area contributed by atoms with Crippen LogP contribution < -0.4 is 4.74 Å². The van der Waals surface area contributed by atoms with E-state index < -0.39 is 27.4 Å². The van der Waals surface area contributed by atoms with Crippen molar-refractivity contribution in [2.75, 3.05) is 33.4 Å². The predicted molar refractivity (Wildman–Crippen MR) is 103 cm³/mol. The maximum absolute atomic E-state index is 13.3. The SMILES string of the molecule is COc1ccc(S(=O)(=O)N2CCOC23CCCN(C(=O)OC(C)(C)C)C3)cc1. The fraction of sp³-hybridized carbons (Fsp3) is 0.632. The molecule has 0 aliphatic carbocycles. The van der Waals surface area contributed by atoms with E-state index >= 15 is 0 Å². The molecule has 2 aliphatic rings. The van der Waals surface area contributed by atoms with E-state index in [4.69, 9.17) is 14.2 Å². The first kappa shape index (κ1) is 20.9. The van der Waals surface area contributed by atoms with Gasteiger partial charge in [-0.15, -0.1) is 0 Å². The van der Waals surface area contributed by atoms with Gasteiger partial charge in [0.05, 0.1) is 25.2 Å². The number of amides is 1. The van der Waals surface area contributed by atoms with Crippen LogP contribution in [0.2, 0.25) is 0 Å². The Morgan fingerprint density at radius 2 is 1.86 bits per heavy atom. The molecular formula is C19H28N2O6S. The smallest absolute Gasteiger partial charge is 0.410 e. The molecular weight excluding hydrogens is 384 g/mol. The van der Waals surface area contributed by atoms with E-state index in [2.05, 4.69) is 0 Å². The molecule has 2 aliphatic heterocycles. The summed E-state index contributed by atoms with van der Waals surface area (Å²) in [5.74, 6) is 0.583. The van der Waals surface area contributed by atoms with Gasteiger partial charge < -0.3 is 19.1 Å². The van der Waals surface area contributed by atoms with Crippen LogP contribution in [0.3, 0.4) is 0 Å². The van der Waals surface area contributed by atoms with Crippen LogP contribution in [0.4, 0.5) is 4.79 Å². The molecule has 2 saturated heterocycles. The van der Waals surface area contributed by atoms with Crippen LogP contribution in [0.15, 0.2) is 29.2 Å². The van der Waals surface area contributed by atoms with Gasteiger partial charge in [-0.2, -0.15) is 4.31 Å². The third kappa shape index (κ3) is 4.11. The highest BCUT2D eigenvalue weighted by Gasteiger charge is 2.52. The number of carbonyl (C=O) groups excluding carboxylic acids is 1. The minimum absolute atomic E-state index is 0.150. The van der Waals surface area contributed by atoms with Crippen LogP contribution in [0, 0.1) is 0 Å². The van der Waals surface area contributed by atoms with Crippen molar-refractivity contribution in [3.8, 4) is 5.75 Å². The summed E-state index contributed by atoms with van der Waals surface area (Å²) in [6.07, 6.45) is 0.708. The first-order valence-corrected chi connectivity index (χ1v) is 10.8. The molecule has 1 atom stereocenters. The second-order valence-electron chi connectivity index (χ2n) is 8.05. The van der Waals surface area contributed by atoms with Gasteiger partial charge in [-0.3, -0.25) is 0 Å². The number of benzene rings is 1. The zero-order valence-electron chi connectivity index (χ0n) is 16.8. The van der Waals surface area contributed by atoms with Gasteiger partial charge in [-0.05, 0) is 57.9 Å². The number of rotatable bonds is 3. The summed E-state index contributed by atoms with van der Waals surface area (Å²) in [5, 5.41) is 0. The van der Waals surface area contributed by atoms with Gasteiger partial charge >= 0.3 is 6.09 Å². The van der Waals surface area contributed by atoms with Crippen molar-refractivity contribution < 1.29 is 27.4 Å². The normalized spacial score (nSPS) is 23.8. The molecule has 0 saturated carbocycles. The molecule has 2 fully saturated rings. The molecule has 9 heteroatoms. The highest BCUT2D eigenvalue weighted by molar-refractivity contribution is 7.89. The van der Waals surface area contributed by atoms with E-state index in [0.29, 0.717) is 25.1 Å². The van der Waals surface area contributed by atoms with Crippen molar-refractivity contribution in [3.05, 3.63) is 24.3 Å². The lowest BCUT2D eigenvalue weighted by atomic mass is 10.0. The minimum atomic E-state index is -3.78. The first-order valence-electron chi connectivity index (χ1n) is 9.36. The molecule has 0 aromatic heterocycles. The summed E-state index contributed by atoms with van der Waals surface area (Å²) in [5.41, 5.74) is -1.68. The summed E-state index contributed by atoms with van der Waals surface area (Å²) in [7, 11) is -2.25. The molecule has 0 N–H and O–H groups in total. The Kier molecular flexibility index (Phi) is 5.62. The summed E-state index contributed by atoms with van der Waals surface area (Å²) < 4.78 is 44.5. The van der Waals surface area contributed by atoms with E-state index in [1.807, 2.05) is 0 Å². The molecule has 2 heterocycles. The molecule has 1 amide bonds. The Bertz CT molecular complexity index is 818. The van der Waals surface area contributed by atoms with E-state index in [9.17, 15) is 13.2 Å². The molecule has 0 radical (unpaired) electrons. The lowest BCUT2D eigenvalue weighted by Crippen LogP contribution is -2.59. The van der Waals surface area contributed by atoms with Crippen molar-refractivity contribution in [2.45, 2.75) is 49.8 Å². The summed E-state index contributed by atoms with van der Waals surface area (Å²) >= 11 is 0. The molecule has 1 unspecified atom stereocenters. The Hall–Kier alpha value is -1.84.